The molecule has 0 spiro atoms. The second kappa shape index (κ2) is 6.28. The molecule has 0 amide bonds. The van der Waals surface area contributed by atoms with Crippen molar-refractivity contribution >= 4 is 0 Å². The predicted octanol–water partition coefficient (Wildman–Crippen LogP) is 3.16. The van der Waals surface area contributed by atoms with Gasteiger partial charge in [0.2, 0.25) is 0 Å². The van der Waals surface area contributed by atoms with E-state index in [1.807, 2.05) is 7.05 Å². The third-order valence-electron chi connectivity index (χ3n) is 3.97. The van der Waals surface area contributed by atoms with Crippen molar-refractivity contribution in [2.45, 2.75) is 57.8 Å². The van der Waals surface area contributed by atoms with Crippen LogP contribution in [-0.2, 0) is 0 Å². The maximum Gasteiger partial charge on any atom is 0.133 e. The maximum atomic E-state index is 4.85. The Kier molecular flexibility index (Phi) is 4.70. The Morgan fingerprint density at radius 2 is 2.06 bits per heavy atom. The summed E-state index contributed by atoms with van der Waals surface area (Å²) in [7, 11) is 2.00. The first-order valence-corrected chi connectivity index (χ1v) is 7.24. The van der Waals surface area contributed by atoms with Crippen LogP contribution in [-0.4, -0.2) is 23.6 Å². The number of rotatable bonds is 5. The second-order valence-electron chi connectivity index (χ2n) is 5.44. The lowest BCUT2D eigenvalue weighted by molar-refractivity contribution is 0.567. The fourth-order valence-corrected chi connectivity index (χ4v) is 2.89. The molecule has 3 nitrogen and oxygen atoms in total. The van der Waals surface area contributed by atoms with Crippen molar-refractivity contribution in [2.24, 2.45) is 0 Å². The molecule has 1 aliphatic rings. The van der Waals surface area contributed by atoms with Gasteiger partial charge < -0.3 is 5.32 Å². The first-order chi connectivity index (χ1) is 8.74. The van der Waals surface area contributed by atoms with Gasteiger partial charge in [-0.05, 0) is 39.3 Å². The minimum absolute atomic E-state index is 0.440. The van der Waals surface area contributed by atoms with Gasteiger partial charge in [0.1, 0.15) is 5.82 Å². The zero-order chi connectivity index (χ0) is 13.0. The molecule has 1 atom stereocenters. The smallest absolute Gasteiger partial charge is 0.133 e. The molecule has 3 heteroatoms. The van der Waals surface area contributed by atoms with E-state index in [1.165, 1.54) is 31.4 Å². The summed E-state index contributed by atoms with van der Waals surface area (Å²) >= 11 is 0. The molecule has 1 aliphatic carbocycles. The van der Waals surface area contributed by atoms with Gasteiger partial charge in [0.15, 0.2) is 0 Å². The number of aromatic nitrogens is 2. The summed E-state index contributed by atoms with van der Waals surface area (Å²) < 4.78 is 0. The molecule has 1 aromatic heterocycles. The van der Waals surface area contributed by atoms with Crippen molar-refractivity contribution in [1.82, 2.24) is 15.3 Å². The van der Waals surface area contributed by atoms with Crippen LogP contribution in [0.3, 0.4) is 0 Å². The first-order valence-electron chi connectivity index (χ1n) is 7.24. The molecular formula is C15H25N3. The van der Waals surface area contributed by atoms with Crippen LogP contribution in [0.15, 0.2) is 6.07 Å². The Hall–Kier alpha value is -0.960. The van der Waals surface area contributed by atoms with E-state index in [0.717, 1.165) is 24.5 Å². The molecule has 100 valence electrons. The Labute approximate surface area is 110 Å². The zero-order valence-corrected chi connectivity index (χ0v) is 11.9. The predicted molar refractivity (Wildman–Crippen MR) is 74.9 cm³/mol. The average Bonchev–Trinajstić information content (AvgIpc) is 2.89. The molecule has 0 radical (unpaired) electrons. The standard InChI is InChI=1S/C15H25N3/c1-4-12(10-16-3)15-17-11(2)9-14(18-15)13-7-5-6-8-13/h9,12-13,16H,4-8,10H2,1-3H3. The van der Waals surface area contributed by atoms with Gasteiger partial charge >= 0.3 is 0 Å². The van der Waals surface area contributed by atoms with E-state index in [4.69, 9.17) is 4.98 Å². The van der Waals surface area contributed by atoms with Crippen LogP contribution in [0.1, 0.15) is 68.1 Å². The van der Waals surface area contributed by atoms with Crippen LogP contribution in [0.4, 0.5) is 0 Å². The molecule has 1 fully saturated rings. The minimum atomic E-state index is 0.440. The Balaban J connectivity index is 2.24. The van der Waals surface area contributed by atoms with Gasteiger partial charge in [0.05, 0.1) is 0 Å². The summed E-state index contributed by atoms with van der Waals surface area (Å²) in [5.74, 6) is 2.15. The van der Waals surface area contributed by atoms with E-state index in [2.05, 4.69) is 30.2 Å². The summed E-state index contributed by atoms with van der Waals surface area (Å²) in [6, 6.07) is 2.19. The van der Waals surface area contributed by atoms with Crippen molar-refractivity contribution in [2.75, 3.05) is 13.6 Å². The maximum absolute atomic E-state index is 4.85. The van der Waals surface area contributed by atoms with Crippen molar-refractivity contribution in [3.05, 3.63) is 23.3 Å². The second-order valence-corrected chi connectivity index (χ2v) is 5.44. The third-order valence-corrected chi connectivity index (χ3v) is 3.97. The van der Waals surface area contributed by atoms with Crippen molar-refractivity contribution in [3.8, 4) is 0 Å². The van der Waals surface area contributed by atoms with E-state index in [1.54, 1.807) is 0 Å². The largest absolute Gasteiger partial charge is 0.319 e. The normalized spacial score (nSPS) is 18.2. The highest BCUT2D eigenvalue weighted by Crippen LogP contribution is 2.33. The van der Waals surface area contributed by atoms with Gasteiger partial charge in [0.25, 0.3) is 0 Å². The fraction of sp³-hybridized carbons (Fsp3) is 0.733. The van der Waals surface area contributed by atoms with Gasteiger partial charge in [0, 0.05) is 29.8 Å². The van der Waals surface area contributed by atoms with Crippen LogP contribution in [0.2, 0.25) is 0 Å². The number of nitrogens with zero attached hydrogens (tertiary/aromatic N) is 2. The quantitative estimate of drug-likeness (QED) is 0.868. The van der Waals surface area contributed by atoms with E-state index < -0.39 is 0 Å². The fourth-order valence-electron chi connectivity index (χ4n) is 2.89. The third kappa shape index (κ3) is 3.08. The monoisotopic (exact) mass is 247 g/mol. The Morgan fingerprint density at radius 1 is 1.33 bits per heavy atom. The molecule has 0 aromatic carbocycles. The van der Waals surface area contributed by atoms with Crippen LogP contribution < -0.4 is 5.32 Å². The molecule has 1 unspecified atom stereocenters. The van der Waals surface area contributed by atoms with Crippen LogP contribution in [0.25, 0.3) is 0 Å². The molecule has 2 rings (SSSR count). The average molecular weight is 247 g/mol. The lowest BCUT2D eigenvalue weighted by atomic mass is 10.0. The van der Waals surface area contributed by atoms with Crippen molar-refractivity contribution < 1.29 is 0 Å². The summed E-state index contributed by atoms with van der Waals surface area (Å²) in [4.78, 5) is 9.50. The van der Waals surface area contributed by atoms with Gasteiger partial charge in [-0.25, -0.2) is 9.97 Å². The molecule has 0 bridgehead atoms. The SMILES string of the molecule is CCC(CNC)c1nc(C)cc(C2CCCC2)n1. The highest BCUT2D eigenvalue weighted by Gasteiger charge is 2.21. The van der Waals surface area contributed by atoms with Crippen LogP contribution >= 0.6 is 0 Å². The summed E-state index contributed by atoms with van der Waals surface area (Å²) in [5, 5.41) is 3.25. The van der Waals surface area contributed by atoms with Crippen LogP contribution in [0.5, 0.6) is 0 Å². The molecule has 0 saturated heterocycles. The molecular weight excluding hydrogens is 222 g/mol. The molecule has 1 heterocycles. The summed E-state index contributed by atoms with van der Waals surface area (Å²) in [6.45, 7) is 5.27. The number of likely N-dealkylation sites (N-methyl/N-ethyl adjacent to an activating group) is 1. The highest BCUT2D eigenvalue weighted by atomic mass is 14.9. The van der Waals surface area contributed by atoms with Crippen LogP contribution in [0, 0.1) is 6.92 Å². The van der Waals surface area contributed by atoms with Gasteiger partial charge in [-0.1, -0.05) is 19.8 Å². The minimum Gasteiger partial charge on any atom is -0.319 e. The Morgan fingerprint density at radius 3 is 2.67 bits per heavy atom. The molecule has 18 heavy (non-hydrogen) atoms. The van der Waals surface area contributed by atoms with Gasteiger partial charge in [-0.2, -0.15) is 0 Å². The van der Waals surface area contributed by atoms with E-state index >= 15 is 0 Å². The Bertz CT molecular complexity index is 383. The molecule has 0 aliphatic heterocycles. The molecule has 1 saturated carbocycles. The summed E-state index contributed by atoms with van der Waals surface area (Å²) in [6.07, 6.45) is 6.42. The number of hydrogen-bond acceptors (Lipinski definition) is 3. The summed E-state index contributed by atoms with van der Waals surface area (Å²) in [5.41, 5.74) is 2.40. The molecule has 1 aromatic rings. The van der Waals surface area contributed by atoms with E-state index in [-0.39, 0.29) is 0 Å². The topological polar surface area (TPSA) is 37.8 Å². The van der Waals surface area contributed by atoms with Crippen molar-refractivity contribution in [1.29, 1.82) is 0 Å². The molecule has 1 N–H and O–H groups in total. The van der Waals surface area contributed by atoms with E-state index in [0.29, 0.717) is 11.8 Å². The number of nitrogens with one attached hydrogen (secondary N) is 1. The number of aryl methyl sites for hydroxylation is 1. The lowest BCUT2D eigenvalue weighted by Gasteiger charge is -2.16. The first kappa shape index (κ1) is 13.5. The van der Waals surface area contributed by atoms with Crippen molar-refractivity contribution in [3.63, 3.8) is 0 Å². The van der Waals surface area contributed by atoms with Gasteiger partial charge in [-0.15, -0.1) is 0 Å². The number of hydrogen-bond donors (Lipinski definition) is 1. The van der Waals surface area contributed by atoms with E-state index in [9.17, 15) is 0 Å². The zero-order valence-electron chi connectivity index (χ0n) is 11.9. The lowest BCUT2D eigenvalue weighted by Crippen LogP contribution is -2.19. The highest BCUT2D eigenvalue weighted by molar-refractivity contribution is 5.17. The van der Waals surface area contributed by atoms with Gasteiger partial charge in [-0.3, -0.25) is 0 Å².